The van der Waals surface area contributed by atoms with Crippen molar-refractivity contribution in [1.82, 2.24) is 20.0 Å². The fraction of sp³-hybridized carbons (Fsp3) is 0.429. The monoisotopic (exact) mass is 304 g/mol. The normalized spacial score (nSPS) is 12.9. The number of nitrogens with zero attached hydrogens (tertiary/aromatic N) is 4. The van der Waals surface area contributed by atoms with Gasteiger partial charge in [0.15, 0.2) is 5.76 Å². The Balaban J connectivity index is 1.87. The molecule has 8 heteroatoms. The lowest BCUT2D eigenvalue weighted by atomic mass is 10.1. The molecule has 116 valence electrons. The molecule has 0 aliphatic rings. The summed E-state index contributed by atoms with van der Waals surface area (Å²) in [4.78, 5) is 11.9. The number of hydrogen-bond acceptors (Lipinski definition) is 7. The van der Waals surface area contributed by atoms with Crippen molar-refractivity contribution in [3.8, 4) is 11.7 Å². The van der Waals surface area contributed by atoms with Crippen LogP contribution in [0.5, 0.6) is 0 Å². The van der Waals surface area contributed by atoms with Crippen molar-refractivity contribution < 1.29 is 13.3 Å². The first-order valence-electron chi connectivity index (χ1n) is 7.00. The van der Waals surface area contributed by atoms with Crippen LogP contribution in [0.2, 0.25) is 0 Å². The van der Waals surface area contributed by atoms with E-state index >= 15 is 0 Å². The van der Waals surface area contributed by atoms with Gasteiger partial charge in [-0.15, -0.1) is 15.3 Å². The zero-order valence-electron chi connectivity index (χ0n) is 12.5. The first kappa shape index (κ1) is 14.3. The van der Waals surface area contributed by atoms with Crippen molar-refractivity contribution in [1.29, 1.82) is 0 Å². The molecule has 0 radical (unpaired) electrons. The van der Waals surface area contributed by atoms with Gasteiger partial charge in [0.05, 0.1) is 6.26 Å². The Hall–Kier alpha value is -2.64. The quantitative estimate of drug-likeness (QED) is 0.712. The minimum absolute atomic E-state index is 0.115. The lowest BCUT2D eigenvalue weighted by molar-refractivity contribution is 0.363. The summed E-state index contributed by atoms with van der Waals surface area (Å²) in [6.07, 6.45) is 2.17. The Bertz CT molecular complexity index is 797. The summed E-state index contributed by atoms with van der Waals surface area (Å²) in [6.45, 7) is 5.86. The summed E-state index contributed by atoms with van der Waals surface area (Å²) in [6, 6.07) is 2.83. The second-order valence-electron chi connectivity index (χ2n) is 5.40. The molecule has 0 bridgehead atoms. The minimum atomic E-state index is -0.609. The Morgan fingerprint density at radius 2 is 2.05 bits per heavy atom. The van der Waals surface area contributed by atoms with E-state index in [0.29, 0.717) is 29.9 Å². The SMILES string of the molecule is CC(C)Cc1nnc(C(C)n2nc(-c3ccco3)oc2=O)o1. The average Bonchev–Trinajstić information content (AvgIpc) is 3.16. The lowest BCUT2D eigenvalue weighted by Gasteiger charge is -2.03. The molecule has 22 heavy (non-hydrogen) atoms. The molecule has 0 fully saturated rings. The minimum Gasteiger partial charge on any atom is -0.459 e. The molecule has 0 aliphatic carbocycles. The highest BCUT2D eigenvalue weighted by Crippen LogP contribution is 2.19. The third kappa shape index (κ3) is 2.72. The number of furan rings is 1. The van der Waals surface area contributed by atoms with Crippen LogP contribution < -0.4 is 5.76 Å². The van der Waals surface area contributed by atoms with Gasteiger partial charge in [-0.05, 0) is 25.0 Å². The van der Waals surface area contributed by atoms with Crippen LogP contribution in [0.3, 0.4) is 0 Å². The molecule has 3 aromatic rings. The van der Waals surface area contributed by atoms with E-state index in [1.165, 1.54) is 6.26 Å². The molecular formula is C14H16N4O4. The molecule has 0 aromatic carbocycles. The highest BCUT2D eigenvalue weighted by molar-refractivity contribution is 5.42. The second kappa shape index (κ2) is 5.63. The van der Waals surface area contributed by atoms with Gasteiger partial charge >= 0.3 is 5.76 Å². The predicted octanol–water partition coefficient (Wildman–Crippen LogP) is 2.29. The van der Waals surface area contributed by atoms with Gasteiger partial charge in [0.1, 0.15) is 6.04 Å². The molecular weight excluding hydrogens is 288 g/mol. The van der Waals surface area contributed by atoms with Crippen molar-refractivity contribution in [3.63, 3.8) is 0 Å². The van der Waals surface area contributed by atoms with Gasteiger partial charge in [-0.1, -0.05) is 13.8 Å². The maximum absolute atomic E-state index is 11.9. The third-order valence-corrected chi connectivity index (χ3v) is 3.09. The van der Waals surface area contributed by atoms with Crippen molar-refractivity contribution in [3.05, 3.63) is 40.7 Å². The van der Waals surface area contributed by atoms with E-state index in [2.05, 4.69) is 29.1 Å². The highest BCUT2D eigenvalue weighted by Gasteiger charge is 2.22. The Morgan fingerprint density at radius 3 is 2.73 bits per heavy atom. The zero-order valence-corrected chi connectivity index (χ0v) is 12.5. The largest absolute Gasteiger partial charge is 0.459 e. The molecule has 3 rings (SSSR count). The zero-order chi connectivity index (χ0) is 15.7. The van der Waals surface area contributed by atoms with Crippen LogP contribution in [0, 0.1) is 5.92 Å². The Morgan fingerprint density at radius 1 is 1.23 bits per heavy atom. The van der Waals surface area contributed by atoms with E-state index in [1.807, 2.05) is 0 Å². The molecule has 0 spiro atoms. The van der Waals surface area contributed by atoms with Gasteiger partial charge in [-0.2, -0.15) is 4.68 Å². The van der Waals surface area contributed by atoms with Crippen LogP contribution in [-0.2, 0) is 6.42 Å². The number of rotatable bonds is 5. The number of hydrogen-bond donors (Lipinski definition) is 0. The molecule has 0 amide bonds. The van der Waals surface area contributed by atoms with Crippen LogP contribution >= 0.6 is 0 Å². The third-order valence-electron chi connectivity index (χ3n) is 3.09. The van der Waals surface area contributed by atoms with Gasteiger partial charge in [0.2, 0.25) is 11.8 Å². The maximum atomic E-state index is 11.9. The van der Waals surface area contributed by atoms with E-state index < -0.39 is 11.8 Å². The maximum Gasteiger partial charge on any atom is 0.438 e. The second-order valence-corrected chi connectivity index (χ2v) is 5.40. The smallest absolute Gasteiger partial charge is 0.438 e. The Kier molecular flexibility index (Phi) is 3.66. The molecule has 3 heterocycles. The first-order valence-corrected chi connectivity index (χ1v) is 7.00. The summed E-state index contributed by atoms with van der Waals surface area (Å²) in [5, 5.41) is 12.1. The predicted molar refractivity (Wildman–Crippen MR) is 75.1 cm³/mol. The van der Waals surface area contributed by atoms with Crippen molar-refractivity contribution in [2.75, 3.05) is 0 Å². The van der Waals surface area contributed by atoms with Gasteiger partial charge in [-0.3, -0.25) is 0 Å². The van der Waals surface area contributed by atoms with Crippen LogP contribution in [0.15, 0.2) is 36.4 Å². The average molecular weight is 304 g/mol. The van der Waals surface area contributed by atoms with E-state index in [9.17, 15) is 4.79 Å². The molecule has 0 aliphatic heterocycles. The van der Waals surface area contributed by atoms with Crippen LogP contribution in [0.1, 0.15) is 38.6 Å². The van der Waals surface area contributed by atoms with Crippen LogP contribution in [-0.4, -0.2) is 20.0 Å². The van der Waals surface area contributed by atoms with Gasteiger partial charge in [0.25, 0.3) is 5.89 Å². The van der Waals surface area contributed by atoms with Gasteiger partial charge in [0, 0.05) is 6.42 Å². The van der Waals surface area contributed by atoms with Crippen molar-refractivity contribution in [2.24, 2.45) is 5.92 Å². The van der Waals surface area contributed by atoms with E-state index in [-0.39, 0.29) is 5.89 Å². The molecule has 8 nitrogen and oxygen atoms in total. The Labute approximate surface area is 125 Å². The topological polar surface area (TPSA) is 100 Å². The molecule has 1 atom stereocenters. The molecule has 0 saturated heterocycles. The summed E-state index contributed by atoms with van der Waals surface area (Å²) in [5.74, 6) is 1.15. The van der Waals surface area contributed by atoms with E-state index in [0.717, 1.165) is 4.68 Å². The summed E-state index contributed by atoms with van der Waals surface area (Å²) < 4.78 is 17.0. The molecule has 0 saturated carbocycles. The van der Waals surface area contributed by atoms with Crippen LogP contribution in [0.4, 0.5) is 0 Å². The van der Waals surface area contributed by atoms with Crippen molar-refractivity contribution >= 4 is 0 Å². The standard InChI is InChI=1S/C14H16N4O4/c1-8(2)7-11-15-16-12(21-11)9(3)18-14(19)22-13(17-18)10-5-4-6-20-10/h4-6,8-9H,7H2,1-3H3. The molecule has 0 N–H and O–H groups in total. The highest BCUT2D eigenvalue weighted by atomic mass is 16.4. The summed E-state index contributed by atoms with van der Waals surface area (Å²) in [5.41, 5.74) is 0. The first-order chi connectivity index (χ1) is 10.5. The van der Waals surface area contributed by atoms with Gasteiger partial charge < -0.3 is 13.3 Å². The fourth-order valence-electron chi connectivity index (χ4n) is 2.00. The molecule has 1 unspecified atom stereocenters. The molecule has 3 aromatic heterocycles. The summed E-state index contributed by atoms with van der Waals surface area (Å²) >= 11 is 0. The fourth-order valence-corrected chi connectivity index (χ4v) is 2.00. The van der Waals surface area contributed by atoms with Gasteiger partial charge in [-0.25, -0.2) is 4.79 Å². The van der Waals surface area contributed by atoms with Crippen molar-refractivity contribution in [2.45, 2.75) is 33.2 Å². The van der Waals surface area contributed by atoms with Crippen LogP contribution in [0.25, 0.3) is 11.7 Å². The van der Waals surface area contributed by atoms with E-state index in [1.54, 1.807) is 19.1 Å². The lowest BCUT2D eigenvalue weighted by Crippen LogP contribution is -2.21. The number of aromatic nitrogens is 4. The van der Waals surface area contributed by atoms with E-state index in [4.69, 9.17) is 13.3 Å². The summed E-state index contributed by atoms with van der Waals surface area (Å²) in [7, 11) is 0.